The molecule has 0 aliphatic heterocycles. The normalized spacial score (nSPS) is 10.5. The van der Waals surface area contributed by atoms with Crippen LogP contribution in [0, 0.1) is 0 Å². The number of rotatable bonds is 4. The Bertz CT molecular complexity index is 808. The summed E-state index contributed by atoms with van der Waals surface area (Å²) in [7, 11) is 1.64. The van der Waals surface area contributed by atoms with Gasteiger partial charge in [-0.2, -0.15) is 0 Å². The second kappa shape index (κ2) is 6.75. The first-order valence-electron chi connectivity index (χ1n) is 7.23. The van der Waals surface area contributed by atoms with Crippen LogP contribution in [0.5, 0.6) is 5.75 Å². The molecule has 2 aromatic carbocycles. The van der Waals surface area contributed by atoms with E-state index in [-0.39, 0.29) is 5.91 Å². The molecule has 4 heteroatoms. The Labute approximate surface area is 139 Å². The smallest absolute Gasteiger partial charge is 0.262 e. The van der Waals surface area contributed by atoms with E-state index in [0.29, 0.717) is 5.56 Å². The number of thioether (sulfide) groups is 1. The van der Waals surface area contributed by atoms with Crippen molar-refractivity contribution >= 4 is 17.7 Å². The quantitative estimate of drug-likeness (QED) is 0.659. The molecule has 1 aromatic heterocycles. The zero-order valence-electron chi connectivity index (χ0n) is 13.0. The third-order valence-electron chi connectivity index (χ3n) is 3.70. The van der Waals surface area contributed by atoms with Crippen LogP contribution in [0.15, 0.2) is 71.9 Å². The van der Waals surface area contributed by atoms with E-state index in [9.17, 15) is 4.79 Å². The molecule has 0 saturated carbocycles. The van der Waals surface area contributed by atoms with Gasteiger partial charge in [-0.05, 0) is 53.8 Å². The van der Waals surface area contributed by atoms with Crippen LogP contribution in [0.25, 0.3) is 11.1 Å². The third-order valence-corrected chi connectivity index (χ3v) is 4.42. The van der Waals surface area contributed by atoms with Gasteiger partial charge in [0.25, 0.3) is 5.91 Å². The largest absolute Gasteiger partial charge is 0.497 e. The maximum atomic E-state index is 12.8. The molecule has 0 fully saturated rings. The Morgan fingerprint density at radius 2 is 1.74 bits per heavy atom. The van der Waals surface area contributed by atoms with Crippen molar-refractivity contribution in [2.24, 2.45) is 0 Å². The third kappa shape index (κ3) is 3.17. The average Bonchev–Trinajstić information content (AvgIpc) is 3.15. The first-order valence-corrected chi connectivity index (χ1v) is 8.45. The van der Waals surface area contributed by atoms with E-state index in [1.807, 2.05) is 60.9 Å². The SMILES string of the molecule is COc1ccc(-c2ccc(SC)cc2C(=O)n2cccc2)cc1. The van der Waals surface area contributed by atoms with Gasteiger partial charge in [-0.1, -0.05) is 18.2 Å². The number of hydrogen-bond donors (Lipinski definition) is 0. The molecule has 0 unspecified atom stereocenters. The highest BCUT2D eigenvalue weighted by atomic mass is 32.2. The Balaban J connectivity index is 2.10. The molecule has 3 aromatic rings. The van der Waals surface area contributed by atoms with Gasteiger partial charge in [0.1, 0.15) is 5.75 Å². The van der Waals surface area contributed by atoms with Crippen molar-refractivity contribution in [3.8, 4) is 16.9 Å². The van der Waals surface area contributed by atoms with Crippen LogP contribution in [0.3, 0.4) is 0 Å². The van der Waals surface area contributed by atoms with Crippen molar-refractivity contribution in [1.29, 1.82) is 0 Å². The van der Waals surface area contributed by atoms with Crippen molar-refractivity contribution in [3.63, 3.8) is 0 Å². The Hall–Kier alpha value is -2.46. The maximum Gasteiger partial charge on any atom is 0.262 e. The lowest BCUT2D eigenvalue weighted by molar-refractivity contribution is 0.0960. The molecule has 3 rings (SSSR count). The molecule has 0 aliphatic rings. The molecule has 0 saturated heterocycles. The minimum atomic E-state index is -0.0308. The molecule has 23 heavy (non-hydrogen) atoms. The van der Waals surface area contributed by atoms with Gasteiger partial charge in [0.05, 0.1) is 7.11 Å². The molecule has 0 aliphatic carbocycles. The topological polar surface area (TPSA) is 31.2 Å². The Morgan fingerprint density at radius 3 is 2.35 bits per heavy atom. The number of aromatic nitrogens is 1. The van der Waals surface area contributed by atoms with Crippen molar-refractivity contribution in [3.05, 3.63) is 72.6 Å². The Morgan fingerprint density at radius 1 is 1.04 bits per heavy atom. The summed E-state index contributed by atoms with van der Waals surface area (Å²) in [5, 5.41) is 0. The van der Waals surface area contributed by atoms with Crippen LogP contribution in [0.4, 0.5) is 0 Å². The van der Waals surface area contributed by atoms with Gasteiger partial charge < -0.3 is 4.74 Å². The van der Waals surface area contributed by atoms with E-state index in [2.05, 4.69) is 0 Å². The van der Waals surface area contributed by atoms with Gasteiger partial charge in [-0.15, -0.1) is 11.8 Å². The lowest BCUT2D eigenvalue weighted by Gasteiger charge is -2.12. The summed E-state index contributed by atoms with van der Waals surface area (Å²) in [4.78, 5) is 13.9. The molecule has 0 bridgehead atoms. The zero-order chi connectivity index (χ0) is 16.2. The standard InChI is InChI=1S/C19H17NO2S/c1-22-15-7-5-14(6-8-15)17-10-9-16(23-2)13-18(17)19(21)20-11-3-4-12-20/h3-13H,1-2H3. The average molecular weight is 323 g/mol. The summed E-state index contributed by atoms with van der Waals surface area (Å²) in [6.07, 6.45) is 5.55. The molecule has 0 atom stereocenters. The number of carbonyl (C=O) groups is 1. The highest BCUT2D eigenvalue weighted by Crippen LogP contribution is 2.29. The van der Waals surface area contributed by atoms with Crippen molar-refractivity contribution in [2.75, 3.05) is 13.4 Å². The van der Waals surface area contributed by atoms with Crippen molar-refractivity contribution < 1.29 is 9.53 Å². The van der Waals surface area contributed by atoms with Crippen LogP contribution in [-0.2, 0) is 0 Å². The number of ether oxygens (including phenoxy) is 1. The monoisotopic (exact) mass is 323 g/mol. The maximum absolute atomic E-state index is 12.8. The molecule has 0 N–H and O–H groups in total. The minimum Gasteiger partial charge on any atom is -0.497 e. The number of hydrogen-bond acceptors (Lipinski definition) is 3. The zero-order valence-corrected chi connectivity index (χ0v) is 13.8. The van der Waals surface area contributed by atoms with Gasteiger partial charge in [-0.25, -0.2) is 0 Å². The molecule has 3 nitrogen and oxygen atoms in total. The highest BCUT2D eigenvalue weighted by molar-refractivity contribution is 7.98. The fraction of sp³-hybridized carbons (Fsp3) is 0.105. The summed E-state index contributed by atoms with van der Waals surface area (Å²) >= 11 is 1.63. The van der Waals surface area contributed by atoms with Crippen molar-refractivity contribution in [2.45, 2.75) is 4.90 Å². The molecule has 0 amide bonds. The number of benzene rings is 2. The van der Waals surface area contributed by atoms with Crippen molar-refractivity contribution in [1.82, 2.24) is 4.57 Å². The number of methoxy groups -OCH3 is 1. The second-order valence-electron chi connectivity index (χ2n) is 5.04. The summed E-state index contributed by atoms with van der Waals surface area (Å²) < 4.78 is 6.81. The van der Waals surface area contributed by atoms with Crippen LogP contribution in [-0.4, -0.2) is 23.8 Å². The fourth-order valence-corrected chi connectivity index (χ4v) is 2.90. The summed E-state index contributed by atoms with van der Waals surface area (Å²) in [6, 6.07) is 17.4. The molecule has 0 spiro atoms. The molecule has 1 heterocycles. The number of carbonyl (C=O) groups excluding carboxylic acids is 1. The minimum absolute atomic E-state index is 0.0308. The first-order chi connectivity index (χ1) is 11.2. The summed E-state index contributed by atoms with van der Waals surface area (Å²) in [6.45, 7) is 0. The lowest BCUT2D eigenvalue weighted by atomic mass is 9.99. The van der Waals surface area contributed by atoms with Gasteiger partial charge in [-0.3, -0.25) is 9.36 Å². The summed E-state index contributed by atoms with van der Waals surface area (Å²) in [5.41, 5.74) is 2.61. The van der Waals surface area contributed by atoms with E-state index < -0.39 is 0 Å². The molecular weight excluding hydrogens is 306 g/mol. The Kier molecular flexibility index (Phi) is 4.53. The van der Waals surface area contributed by atoms with Gasteiger partial charge >= 0.3 is 0 Å². The van der Waals surface area contributed by atoms with E-state index >= 15 is 0 Å². The van der Waals surface area contributed by atoms with Gasteiger partial charge in [0.15, 0.2) is 0 Å². The van der Waals surface area contributed by atoms with E-state index in [4.69, 9.17) is 4.74 Å². The number of nitrogens with zero attached hydrogens (tertiary/aromatic N) is 1. The molecular formula is C19H17NO2S. The van der Waals surface area contributed by atoms with E-state index in [0.717, 1.165) is 21.8 Å². The summed E-state index contributed by atoms with van der Waals surface area (Å²) in [5.74, 6) is 0.768. The van der Waals surface area contributed by atoms with E-state index in [1.165, 1.54) is 0 Å². The molecule has 116 valence electrons. The van der Waals surface area contributed by atoms with Gasteiger partial charge in [0, 0.05) is 22.9 Å². The first kappa shape index (κ1) is 15.4. The highest BCUT2D eigenvalue weighted by Gasteiger charge is 2.15. The van der Waals surface area contributed by atoms with Crippen LogP contribution >= 0.6 is 11.8 Å². The van der Waals surface area contributed by atoms with Gasteiger partial charge in [0.2, 0.25) is 0 Å². The fourth-order valence-electron chi connectivity index (χ4n) is 2.46. The van der Waals surface area contributed by atoms with E-state index in [1.54, 1.807) is 35.8 Å². The second-order valence-corrected chi connectivity index (χ2v) is 5.92. The molecule has 0 radical (unpaired) electrons. The predicted molar refractivity (Wildman–Crippen MR) is 94.4 cm³/mol. The predicted octanol–water partition coefficient (Wildman–Crippen LogP) is 4.57. The van der Waals surface area contributed by atoms with Crippen LogP contribution in [0.1, 0.15) is 10.4 Å². The lowest BCUT2D eigenvalue weighted by Crippen LogP contribution is -2.11. The van der Waals surface area contributed by atoms with Crippen LogP contribution in [0.2, 0.25) is 0 Å². The van der Waals surface area contributed by atoms with Crippen LogP contribution < -0.4 is 4.74 Å².